The average molecular weight is 561 g/mol. The standard InChI is InChI=1S/C37H40N2O3/c40-37(41-35-33(13-7-23-38-35)25-27-15-19-31(20-16-27)29-9-3-1-4-10-29)42-36-34(14-8-24-39-36)26-28-17-21-32(22-18-28)30-11-5-2-6-12-30/h7-8,13-24,29-30H,1-6,9-12,25-26H2. The maximum atomic E-state index is 12.9. The fraction of sp³-hybridized carbons (Fsp3) is 0.378. The molecule has 0 amide bonds. The molecule has 42 heavy (non-hydrogen) atoms. The van der Waals surface area contributed by atoms with E-state index in [-0.39, 0.29) is 11.8 Å². The first-order chi connectivity index (χ1) is 20.7. The molecule has 0 spiro atoms. The number of pyridine rings is 2. The van der Waals surface area contributed by atoms with Crippen molar-refractivity contribution in [1.29, 1.82) is 0 Å². The second kappa shape index (κ2) is 13.8. The second-order valence-corrected chi connectivity index (χ2v) is 11.9. The van der Waals surface area contributed by atoms with E-state index in [0.29, 0.717) is 24.7 Å². The summed E-state index contributed by atoms with van der Waals surface area (Å²) in [5.41, 5.74) is 6.83. The van der Waals surface area contributed by atoms with Crippen molar-refractivity contribution in [2.45, 2.75) is 88.9 Å². The highest BCUT2D eigenvalue weighted by molar-refractivity contribution is 5.67. The Hall–Kier alpha value is -3.99. The molecule has 0 saturated heterocycles. The highest BCUT2D eigenvalue weighted by atomic mass is 16.7. The molecule has 0 bridgehead atoms. The number of carbonyl (C=O) groups is 1. The Morgan fingerprint density at radius 1 is 0.571 bits per heavy atom. The van der Waals surface area contributed by atoms with E-state index in [1.54, 1.807) is 12.4 Å². The van der Waals surface area contributed by atoms with E-state index >= 15 is 0 Å². The number of aromatic nitrogens is 2. The normalized spacial score (nSPS) is 16.2. The highest BCUT2D eigenvalue weighted by Crippen LogP contribution is 2.34. The largest absolute Gasteiger partial charge is 0.522 e. The van der Waals surface area contributed by atoms with Crippen LogP contribution in [0.5, 0.6) is 11.8 Å². The van der Waals surface area contributed by atoms with Crippen molar-refractivity contribution in [3.63, 3.8) is 0 Å². The lowest BCUT2D eigenvalue weighted by atomic mass is 9.84. The molecule has 0 atom stereocenters. The van der Waals surface area contributed by atoms with Crippen LogP contribution in [0.25, 0.3) is 0 Å². The maximum Gasteiger partial charge on any atom is 0.522 e. The van der Waals surface area contributed by atoms with Crippen LogP contribution >= 0.6 is 0 Å². The van der Waals surface area contributed by atoms with Crippen molar-refractivity contribution >= 4 is 6.16 Å². The van der Waals surface area contributed by atoms with Crippen molar-refractivity contribution in [1.82, 2.24) is 9.97 Å². The fourth-order valence-electron chi connectivity index (χ4n) is 6.61. The summed E-state index contributed by atoms with van der Waals surface area (Å²) in [6.07, 6.45) is 16.8. The zero-order chi connectivity index (χ0) is 28.6. The predicted octanol–water partition coefficient (Wildman–Crippen LogP) is 9.33. The van der Waals surface area contributed by atoms with Gasteiger partial charge in [0, 0.05) is 36.4 Å². The first kappa shape index (κ1) is 28.1. The van der Waals surface area contributed by atoms with Crippen LogP contribution in [0.4, 0.5) is 4.79 Å². The molecule has 2 heterocycles. The smallest absolute Gasteiger partial charge is 0.375 e. The Labute approximate surface area is 249 Å². The van der Waals surface area contributed by atoms with Crippen LogP contribution in [0.3, 0.4) is 0 Å². The minimum Gasteiger partial charge on any atom is -0.375 e. The highest BCUT2D eigenvalue weighted by Gasteiger charge is 2.19. The third-order valence-corrected chi connectivity index (χ3v) is 8.96. The minimum absolute atomic E-state index is 0.259. The van der Waals surface area contributed by atoms with Crippen molar-refractivity contribution in [3.05, 3.63) is 119 Å². The first-order valence-corrected chi connectivity index (χ1v) is 15.7. The van der Waals surface area contributed by atoms with Gasteiger partial charge < -0.3 is 9.47 Å². The Morgan fingerprint density at radius 3 is 1.38 bits per heavy atom. The summed E-state index contributed by atoms with van der Waals surface area (Å²) in [4.78, 5) is 21.6. The third kappa shape index (κ3) is 7.25. The lowest BCUT2D eigenvalue weighted by molar-refractivity contribution is 0.147. The second-order valence-electron chi connectivity index (χ2n) is 11.9. The molecular weight excluding hydrogens is 520 g/mol. The van der Waals surface area contributed by atoms with E-state index in [2.05, 4.69) is 58.5 Å². The predicted molar refractivity (Wildman–Crippen MR) is 165 cm³/mol. The van der Waals surface area contributed by atoms with Crippen LogP contribution < -0.4 is 9.47 Å². The molecule has 0 N–H and O–H groups in total. The van der Waals surface area contributed by atoms with Gasteiger partial charge in [-0.1, -0.05) is 99.2 Å². The van der Waals surface area contributed by atoms with E-state index in [4.69, 9.17) is 9.47 Å². The fourth-order valence-corrected chi connectivity index (χ4v) is 6.61. The molecule has 6 rings (SSSR count). The molecule has 2 aliphatic carbocycles. The number of ether oxygens (including phenoxy) is 2. The third-order valence-electron chi connectivity index (χ3n) is 8.96. The van der Waals surface area contributed by atoms with Gasteiger partial charge in [0.25, 0.3) is 0 Å². The molecule has 2 fully saturated rings. The van der Waals surface area contributed by atoms with E-state index in [9.17, 15) is 4.79 Å². The van der Waals surface area contributed by atoms with Gasteiger partial charge in [-0.25, -0.2) is 14.8 Å². The van der Waals surface area contributed by atoms with Crippen molar-refractivity contribution < 1.29 is 14.3 Å². The van der Waals surface area contributed by atoms with Gasteiger partial charge in [-0.2, -0.15) is 0 Å². The van der Waals surface area contributed by atoms with Gasteiger partial charge in [0.1, 0.15) is 0 Å². The summed E-state index contributed by atoms with van der Waals surface area (Å²) < 4.78 is 11.2. The topological polar surface area (TPSA) is 61.3 Å². The molecule has 0 unspecified atom stereocenters. The molecular formula is C37H40N2O3. The lowest BCUT2D eigenvalue weighted by Gasteiger charge is -2.22. The summed E-state index contributed by atoms with van der Waals surface area (Å²) >= 11 is 0. The summed E-state index contributed by atoms with van der Waals surface area (Å²) in [6, 6.07) is 25.3. The van der Waals surface area contributed by atoms with Gasteiger partial charge in [0.2, 0.25) is 11.8 Å². The molecule has 0 radical (unpaired) electrons. The Balaban J connectivity index is 1.08. The molecule has 2 aromatic heterocycles. The number of nitrogens with zero attached hydrogens (tertiary/aromatic N) is 2. The number of hydrogen-bond acceptors (Lipinski definition) is 5. The average Bonchev–Trinajstić information content (AvgIpc) is 3.04. The molecule has 2 saturated carbocycles. The Kier molecular flexibility index (Phi) is 9.24. The van der Waals surface area contributed by atoms with Gasteiger partial charge in [0.15, 0.2) is 0 Å². The van der Waals surface area contributed by atoms with Crippen LogP contribution in [0.15, 0.2) is 85.2 Å². The van der Waals surface area contributed by atoms with E-state index in [0.717, 1.165) is 22.3 Å². The zero-order valence-corrected chi connectivity index (χ0v) is 24.3. The molecule has 0 aliphatic heterocycles. The number of hydrogen-bond donors (Lipinski definition) is 0. The summed E-state index contributed by atoms with van der Waals surface area (Å²) in [5, 5.41) is 0. The summed E-state index contributed by atoms with van der Waals surface area (Å²) in [5.74, 6) is 1.87. The zero-order valence-electron chi connectivity index (χ0n) is 24.3. The van der Waals surface area contributed by atoms with Crippen LogP contribution in [0, 0.1) is 0 Å². The van der Waals surface area contributed by atoms with Gasteiger partial charge in [-0.05, 0) is 71.9 Å². The molecule has 4 aromatic rings. The van der Waals surface area contributed by atoms with Crippen LogP contribution in [-0.4, -0.2) is 16.1 Å². The van der Waals surface area contributed by atoms with Crippen molar-refractivity contribution in [2.24, 2.45) is 0 Å². The lowest BCUT2D eigenvalue weighted by Crippen LogP contribution is -2.17. The SMILES string of the molecule is O=C(Oc1ncccc1Cc1ccc(C2CCCCC2)cc1)Oc1ncccc1Cc1ccc(C2CCCCC2)cc1. The van der Waals surface area contributed by atoms with E-state index in [1.807, 2.05) is 24.3 Å². The number of carbonyl (C=O) groups excluding carboxylic acids is 1. The van der Waals surface area contributed by atoms with Gasteiger partial charge in [-0.15, -0.1) is 0 Å². The van der Waals surface area contributed by atoms with Gasteiger partial charge in [-0.3, -0.25) is 0 Å². The Morgan fingerprint density at radius 2 is 0.976 bits per heavy atom. The molecule has 5 heteroatoms. The molecule has 2 aliphatic rings. The maximum absolute atomic E-state index is 12.9. The van der Waals surface area contributed by atoms with Crippen LogP contribution in [0.1, 0.15) is 109 Å². The minimum atomic E-state index is -0.838. The number of benzene rings is 2. The van der Waals surface area contributed by atoms with E-state index < -0.39 is 6.16 Å². The monoisotopic (exact) mass is 560 g/mol. The molecule has 216 valence electrons. The van der Waals surface area contributed by atoms with Gasteiger partial charge >= 0.3 is 6.16 Å². The van der Waals surface area contributed by atoms with Crippen molar-refractivity contribution in [2.75, 3.05) is 0 Å². The molecule has 5 nitrogen and oxygen atoms in total. The summed E-state index contributed by atoms with van der Waals surface area (Å²) in [6.45, 7) is 0. The van der Waals surface area contributed by atoms with Crippen LogP contribution in [-0.2, 0) is 12.8 Å². The van der Waals surface area contributed by atoms with Gasteiger partial charge in [0.05, 0.1) is 0 Å². The molecule has 2 aromatic carbocycles. The first-order valence-electron chi connectivity index (χ1n) is 15.7. The number of rotatable bonds is 8. The van der Waals surface area contributed by atoms with Crippen LogP contribution in [0.2, 0.25) is 0 Å². The van der Waals surface area contributed by atoms with E-state index in [1.165, 1.54) is 75.3 Å². The van der Waals surface area contributed by atoms with Crippen molar-refractivity contribution in [3.8, 4) is 11.8 Å². The Bertz CT molecular complexity index is 1340. The summed E-state index contributed by atoms with van der Waals surface area (Å²) in [7, 11) is 0. The quantitative estimate of drug-likeness (QED) is 0.201.